The van der Waals surface area contributed by atoms with Crippen LogP contribution in [-0.2, 0) is 9.84 Å². The average molecular weight is 235 g/mol. The van der Waals surface area contributed by atoms with Crippen molar-refractivity contribution in [1.82, 2.24) is 0 Å². The monoisotopic (exact) mass is 235 g/mol. The van der Waals surface area contributed by atoms with Gasteiger partial charge in [0.2, 0.25) is 0 Å². The summed E-state index contributed by atoms with van der Waals surface area (Å²) >= 11 is 0. The lowest BCUT2D eigenvalue weighted by Gasteiger charge is -2.07. The number of benzene rings is 1. The summed E-state index contributed by atoms with van der Waals surface area (Å²) in [7, 11) is -3.42. The molecule has 84 valence electrons. The van der Waals surface area contributed by atoms with E-state index in [0.29, 0.717) is 10.8 Å². The molecule has 1 saturated carbocycles. The number of sulfone groups is 1. The van der Waals surface area contributed by atoms with Gasteiger partial charge in [0.05, 0.1) is 11.0 Å². The summed E-state index contributed by atoms with van der Waals surface area (Å²) in [5.41, 5.74) is 1.97. The Morgan fingerprint density at radius 1 is 1.44 bits per heavy atom. The highest BCUT2D eigenvalue weighted by Crippen LogP contribution is 2.40. The predicted octanol–water partition coefficient (Wildman–Crippen LogP) is 2.17. The van der Waals surface area contributed by atoms with Crippen LogP contribution >= 0.6 is 0 Å². The van der Waals surface area contributed by atoms with E-state index in [9.17, 15) is 8.42 Å². The van der Waals surface area contributed by atoms with Gasteiger partial charge in [0.1, 0.15) is 5.75 Å². The largest absolute Gasteiger partial charge is 0.223 e. The fourth-order valence-electron chi connectivity index (χ4n) is 1.85. The maximum atomic E-state index is 11.7. The van der Waals surface area contributed by atoms with Crippen molar-refractivity contribution in [2.45, 2.75) is 30.6 Å². The zero-order valence-electron chi connectivity index (χ0n) is 9.10. The molecule has 2 rings (SSSR count). The summed E-state index contributed by atoms with van der Waals surface area (Å²) in [6.45, 7) is 1.79. The number of hydrogen-bond acceptors (Lipinski definition) is 3. The van der Waals surface area contributed by atoms with Crippen molar-refractivity contribution in [3.05, 3.63) is 29.3 Å². The second-order valence-electron chi connectivity index (χ2n) is 4.22. The molecule has 1 aliphatic rings. The van der Waals surface area contributed by atoms with Crippen LogP contribution in [-0.4, -0.2) is 14.2 Å². The molecule has 0 aromatic heterocycles. The molecule has 0 aliphatic heterocycles. The molecule has 1 fully saturated rings. The van der Waals surface area contributed by atoms with Crippen LogP contribution < -0.4 is 0 Å². The minimum atomic E-state index is -3.42. The van der Waals surface area contributed by atoms with E-state index < -0.39 is 15.6 Å². The Morgan fingerprint density at radius 3 is 2.62 bits per heavy atom. The second kappa shape index (κ2) is 3.91. The topological polar surface area (TPSA) is 57.9 Å². The number of nitriles is 1. The Labute approximate surface area is 95.6 Å². The van der Waals surface area contributed by atoms with Crippen LogP contribution in [0.1, 0.15) is 29.9 Å². The lowest BCUT2D eigenvalue weighted by atomic mass is 10.1. The summed E-state index contributed by atoms with van der Waals surface area (Å²) in [4.78, 5) is 0.290. The first-order chi connectivity index (χ1) is 7.54. The summed E-state index contributed by atoms with van der Waals surface area (Å²) < 4.78 is 23.5. The van der Waals surface area contributed by atoms with Crippen molar-refractivity contribution in [3.8, 4) is 6.07 Å². The molecule has 1 aromatic carbocycles. The zero-order valence-corrected chi connectivity index (χ0v) is 9.92. The first-order valence-corrected chi connectivity index (χ1v) is 6.90. The first kappa shape index (κ1) is 11.2. The maximum absolute atomic E-state index is 11.7. The van der Waals surface area contributed by atoms with Gasteiger partial charge in [-0.25, -0.2) is 8.42 Å². The van der Waals surface area contributed by atoms with Gasteiger partial charge in [-0.05, 0) is 42.9 Å². The third kappa shape index (κ3) is 2.10. The second-order valence-corrected chi connectivity index (χ2v) is 6.17. The molecule has 0 bridgehead atoms. The van der Waals surface area contributed by atoms with Crippen LogP contribution in [0.2, 0.25) is 0 Å². The Kier molecular flexibility index (Phi) is 2.73. The Bertz CT molecular complexity index is 551. The van der Waals surface area contributed by atoms with Gasteiger partial charge in [-0.1, -0.05) is 12.1 Å². The highest BCUT2D eigenvalue weighted by molar-refractivity contribution is 7.91. The number of nitrogens with zero attached hydrogens (tertiary/aromatic N) is 1. The standard InChI is InChI=1S/C12H13NO2S/c1-9-8-11(10-2-3-10)4-5-12(9)16(14,15)7-6-13/h4-5,8,10H,2-3,7H2,1H3. The third-order valence-corrected chi connectivity index (χ3v) is 4.47. The quantitative estimate of drug-likeness (QED) is 0.806. The van der Waals surface area contributed by atoms with E-state index in [2.05, 4.69) is 0 Å². The van der Waals surface area contributed by atoms with Crippen LogP contribution in [0.3, 0.4) is 0 Å². The maximum Gasteiger partial charge on any atom is 0.191 e. The number of rotatable bonds is 3. The van der Waals surface area contributed by atoms with Crippen molar-refractivity contribution in [1.29, 1.82) is 5.26 Å². The normalized spacial score (nSPS) is 15.8. The van der Waals surface area contributed by atoms with Gasteiger partial charge in [-0.2, -0.15) is 5.26 Å². The molecule has 16 heavy (non-hydrogen) atoms. The average Bonchev–Trinajstić information content (AvgIpc) is 2.99. The van der Waals surface area contributed by atoms with E-state index in [1.54, 1.807) is 19.1 Å². The predicted molar refractivity (Wildman–Crippen MR) is 60.8 cm³/mol. The van der Waals surface area contributed by atoms with Gasteiger partial charge in [0, 0.05) is 0 Å². The summed E-state index contributed by atoms with van der Waals surface area (Å²) in [6, 6.07) is 7.13. The van der Waals surface area contributed by atoms with Crippen molar-refractivity contribution in [2.75, 3.05) is 5.75 Å². The van der Waals surface area contributed by atoms with Crippen LogP contribution in [0.5, 0.6) is 0 Å². The molecular formula is C12H13NO2S. The van der Waals surface area contributed by atoms with E-state index in [0.717, 1.165) is 5.56 Å². The van der Waals surface area contributed by atoms with Gasteiger partial charge in [-0.15, -0.1) is 0 Å². The minimum absolute atomic E-state index is 0.290. The molecule has 0 spiro atoms. The molecule has 1 aliphatic carbocycles. The van der Waals surface area contributed by atoms with Gasteiger partial charge >= 0.3 is 0 Å². The van der Waals surface area contributed by atoms with Gasteiger partial charge < -0.3 is 0 Å². The third-order valence-electron chi connectivity index (χ3n) is 2.84. The van der Waals surface area contributed by atoms with Crippen LogP contribution in [0.4, 0.5) is 0 Å². The van der Waals surface area contributed by atoms with Crippen LogP contribution in [0, 0.1) is 18.3 Å². The molecular weight excluding hydrogens is 222 g/mol. The van der Waals surface area contributed by atoms with Crippen molar-refractivity contribution in [2.24, 2.45) is 0 Å². The summed E-state index contributed by atoms with van der Waals surface area (Å²) in [6.07, 6.45) is 2.40. The Balaban J connectivity index is 2.40. The molecule has 0 atom stereocenters. The summed E-state index contributed by atoms with van der Waals surface area (Å²) in [5.74, 6) is 0.169. The molecule has 3 nitrogen and oxygen atoms in total. The van der Waals surface area contributed by atoms with Crippen molar-refractivity contribution in [3.63, 3.8) is 0 Å². The lowest BCUT2D eigenvalue weighted by molar-refractivity contribution is 0.598. The van der Waals surface area contributed by atoms with Crippen molar-refractivity contribution < 1.29 is 8.42 Å². The van der Waals surface area contributed by atoms with Crippen LogP contribution in [0.25, 0.3) is 0 Å². The molecule has 4 heteroatoms. The van der Waals surface area contributed by atoms with Crippen LogP contribution in [0.15, 0.2) is 23.1 Å². The minimum Gasteiger partial charge on any atom is -0.223 e. The molecule has 0 radical (unpaired) electrons. The van der Waals surface area contributed by atoms with E-state index in [1.807, 2.05) is 12.1 Å². The summed E-state index contributed by atoms with van der Waals surface area (Å²) in [5, 5.41) is 8.48. The molecule has 1 aromatic rings. The first-order valence-electron chi connectivity index (χ1n) is 5.25. The van der Waals surface area contributed by atoms with E-state index in [-0.39, 0.29) is 0 Å². The van der Waals surface area contributed by atoms with Gasteiger partial charge in [0.25, 0.3) is 0 Å². The highest BCUT2D eigenvalue weighted by atomic mass is 32.2. The molecule has 0 amide bonds. The number of aryl methyl sites for hydroxylation is 1. The Hall–Kier alpha value is -1.34. The van der Waals surface area contributed by atoms with E-state index >= 15 is 0 Å². The van der Waals surface area contributed by atoms with E-state index in [4.69, 9.17) is 5.26 Å². The molecule has 0 heterocycles. The Morgan fingerprint density at radius 2 is 2.12 bits per heavy atom. The highest BCUT2D eigenvalue weighted by Gasteiger charge is 2.25. The SMILES string of the molecule is Cc1cc(C2CC2)ccc1S(=O)(=O)CC#N. The van der Waals surface area contributed by atoms with Gasteiger partial charge in [0.15, 0.2) is 9.84 Å². The smallest absolute Gasteiger partial charge is 0.191 e. The molecule has 0 unspecified atom stereocenters. The fraction of sp³-hybridized carbons (Fsp3) is 0.417. The fourth-order valence-corrected chi connectivity index (χ4v) is 3.01. The van der Waals surface area contributed by atoms with Crippen molar-refractivity contribution >= 4 is 9.84 Å². The number of hydrogen-bond donors (Lipinski definition) is 0. The lowest BCUT2D eigenvalue weighted by Crippen LogP contribution is -2.07. The zero-order chi connectivity index (χ0) is 11.8. The molecule has 0 saturated heterocycles. The van der Waals surface area contributed by atoms with E-state index in [1.165, 1.54) is 18.4 Å². The molecule has 0 N–H and O–H groups in total. The van der Waals surface area contributed by atoms with Gasteiger partial charge in [-0.3, -0.25) is 0 Å².